The van der Waals surface area contributed by atoms with E-state index in [1.165, 1.54) is 5.56 Å². The van der Waals surface area contributed by atoms with Crippen LogP contribution in [0.25, 0.3) is 0 Å². The summed E-state index contributed by atoms with van der Waals surface area (Å²) in [4.78, 5) is 0. The summed E-state index contributed by atoms with van der Waals surface area (Å²) in [5.41, 5.74) is 8.62. The van der Waals surface area contributed by atoms with E-state index in [1.807, 2.05) is 30.3 Å². The number of aryl methyl sites for hydroxylation is 1. The van der Waals surface area contributed by atoms with Crippen LogP contribution in [0.15, 0.2) is 59.8 Å². The van der Waals surface area contributed by atoms with Gasteiger partial charge < -0.3 is 15.7 Å². The molecule has 2 aromatic carbocycles. The first kappa shape index (κ1) is 15.1. The van der Waals surface area contributed by atoms with E-state index in [0.717, 1.165) is 25.0 Å². The molecule has 0 radical (unpaired) electrons. The molecule has 0 aliphatic heterocycles. The molecule has 2 rings (SSSR count). The van der Waals surface area contributed by atoms with Gasteiger partial charge in [0.25, 0.3) is 0 Å². The zero-order valence-electron chi connectivity index (χ0n) is 11.9. The van der Waals surface area contributed by atoms with Gasteiger partial charge in [0.1, 0.15) is 0 Å². The number of nitrogens with zero attached hydrogens (tertiary/aromatic N) is 1. The molecule has 4 heteroatoms. The van der Waals surface area contributed by atoms with Gasteiger partial charge in [0, 0.05) is 12.2 Å². The van der Waals surface area contributed by atoms with Crippen molar-refractivity contribution in [2.45, 2.75) is 19.4 Å². The maximum Gasteiger partial charge on any atom is 0.170 e. The highest BCUT2D eigenvalue weighted by Crippen LogP contribution is 2.07. The van der Waals surface area contributed by atoms with Crippen LogP contribution < -0.4 is 5.73 Å². The zero-order chi connectivity index (χ0) is 14.9. The topological polar surface area (TPSA) is 67.8 Å². The fourth-order valence-electron chi connectivity index (χ4n) is 2.04. The van der Waals surface area contributed by atoms with Gasteiger partial charge in [0.15, 0.2) is 5.84 Å². The molecule has 0 unspecified atom stereocenters. The molecule has 0 atom stereocenters. The molecule has 21 heavy (non-hydrogen) atoms. The van der Waals surface area contributed by atoms with E-state index in [-0.39, 0.29) is 5.84 Å². The maximum absolute atomic E-state index is 8.59. The van der Waals surface area contributed by atoms with Crippen LogP contribution in [0.2, 0.25) is 0 Å². The van der Waals surface area contributed by atoms with Crippen molar-refractivity contribution in [2.24, 2.45) is 10.9 Å². The van der Waals surface area contributed by atoms with Crippen molar-refractivity contribution in [2.75, 3.05) is 6.61 Å². The molecule has 0 saturated heterocycles. The first-order valence-corrected chi connectivity index (χ1v) is 6.98. The lowest BCUT2D eigenvalue weighted by Crippen LogP contribution is -2.12. The maximum atomic E-state index is 8.59. The molecular weight excluding hydrogens is 264 g/mol. The third kappa shape index (κ3) is 4.93. The number of hydrogen-bond donors (Lipinski definition) is 2. The van der Waals surface area contributed by atoms with Gasteiger partial charge >= 0.3 is 0 Å². The van der Waals surface area contributed by atoms with E-state index in [1.54, 1.807) is 0 Å². The molecule has 110 valence electrons. The van der Waals surface area contributed by atoms with E-state index < -0.39 is 0 Å². The molecular formula is C17H20N2O2. The van der Waals surface area contributed by atoms with Gasteiger partial charge in [-0.15, -0.1) is 0 Å². The highest BCUT2D eigenvalue weighted by molar-refractivity contribution is 5.96. The van der Waals surface area contributed by atoms with Crippen LogP contribution in [0.4, 0.5) is 0 Å². The number of ether oxygens (including phenoxy) is 1. The predicted molar refractivity (Wildman–Crippen MR) is 83.4 cm³/mol. The van der Waals surface area contributed by atoms with E-state index in [9.17, 15) is 0 Å². The molecule has 0 aliphatic carbocycles. The third-order valence-electron chi connectivity index (χ3n) is 3.22. The van der Waals surface area contributed by atoms with E-state index in [2.05, 4.69) is 29.4 Å². The van der Waals surface area contributed by atoms with Gasteiger partial charge in [-0.2, -0.15) is 0 Å². The smallest absolute Gasteiger partial charge is 0.170 e. The number of rotatable bonds is 7. The van der Waals surface area contributed by atoms with Crippen LogP contribution in [0.5, 0.6) is 0 Å². The average molecular weight is 284 g/mol. The lowest BCUT2D eigenvalue weighted by Gasteiger charge is -2.06. The first-order chi connectivity index (χ1) is 10.3. The van der Waals surface area contributed by atoms with Crippen LogP contribution in [0.3, 0.4) is 0 Å². The summed E-state index contributed by atoms with van der Waals surface area (Å²) in [7, 11) is 0. The van der Waals surface area contributed by atoms with Crippen LogP contribution in [0, 0.1) is 0 Å². The van der Waals surface area contributed by atoms with E-state index in [0.29, 0.717) is 12.2 Å². The molecule has 4 nitrogen and oxygen atoms in total. The fourth-order valence-corrected chi connectivity index (χ4v) is 2.04. The second-order valence-electron chi connectivity index (χ2n) is 4.82. The Morgan fingerprint density at radius 1 is 1.00 bits per heavy atom. The van der Waals surface area contributed by atoms with Gasteiger partial charge in [-0.1, -0.05) is 59.8 Å². The second kappa shape index (κ2) is 8.07. The van der Waals surface area contributed by atoms with Gasteiger partial charge in [0.2, 0.25) is 0 Å². The van der Waals surface area contributed by atoms with Crippen LogP contribution in [-0.4, -0.2) is 17.6 Å². The highest BCUT2D eigenvalue weighted by Gasteiger charge is 1.99. The predicted octanol–water partition coefficient (Wildman–Crippen LogP) is 2.93. The number of amidine groups is 1. The van der Waals surface area contributed by atoms with Crippen LogP contribution >= 0.6 is 0 Å². The fraction of sp³-hybridized carbons (Fsp3) is 0.235. The minimum absolute atomic E-state index is 0.116. The second-order valence-corrected chi connectivity index (χ2v) is 4.82. The number of oxime groups is 1. The van der Waals surface area contributed by atoms with Crippen molar-refractivity contribution in [3.63, 3.8) is 0 Å². The lowest BCUT2D eigenvalue weighted by atomic mass is 10.1. The standard InChI is InChI=1S/C17H20N2O2/c18-17(19-20)16-10-8-15(9-11-16)13-21-12-4-7-14-5-2-1-3-6-14/h1-3,5-6,8-11,20H,4,7,12-13H2,(H2,18,19). The van der Waals surface area contributed by atoms with Crippen molar-refractivity contribution in [1.29, 1.82) is 0 Å². The minimum Gasteiger partial charge on any atom is -0.409 e. The Labute approximate surface area is 124 Å². The molecule has 0 aromatic heterocycles. The monoisotopic (exact) mass is 284 g/mol. The first-order valence-electron chi connectivity index (χ1n) is 6.98. The third-order valence-corrected chi connectivity index (χ3v) is 3.22. The van der Waals surface area contributed by atoms with Crippen molar-refractivity contribution in [3.05, 3.63) is 71.3 Å². The SMILES string of the molecule is NC(=NO)c1ccc(COCCCc2ccccc2)cc1. The summed E-state index contributed by atoms with van der Waals surface area (Å²) in [6, 6.07) is 17.9. The van der Waals surface area contributed by atoms with Crippen molar-refractivity contribution < 1.29 is 9.94 Å². The number of nitrogens with two attached hydrogens (primary N) is 1. The van der Waals surface area contributed by atoms with Gasteiger partial charge in [-0.3, -0.25) is 0 Å². The summed E-state index contributed by atoms with van der Waals surface area (Å²) >= 11 is 0. The van der Waals surface area contributed by atoms with Crippen molar-refractivity contribution in [1.82, 2.24) is 0 Å². The summed E-state index contributed by atoms with van der Waals surface area (Å²) in [6.45, 7) is 1.31. The Hall–Kier alpha value is -2.33. The molecule has 2 aromatic rings. The van der Waals surface area contributed by atoms with Crippen LogP contribution in [0.1, 0.15) is 23.1 Å². The highest BCUT2D eigenvalue weighted by atomic mass is 16.5. The van der Waals surface area contributed by atoms with Crippen molar-refractivity contribution >= 4 is 5.84 Å². The summed E-state index contributed by atoms with van der Waals surface area (Å²) in [5, 5.41) is 11.6. The van der Waals surface area contributed by atoms with E-state index in [4.69, 9.17) is 15.7 Å². The molecule has 0 saturated carbocycles. The molecule has 3 N–H and O–H groups in total. The van der Waals surface area contributed by atoms with Gasteiger partial charge in [-0.05, 0) is 24.0 Å². The Balaban J connectivity index is 1.69. The number of hydrogen-bond acceptors (Lipinski definition) is 3. The zero-order valence-corrected chi connectivity index (χ0v) is 11.9. The normalized spacial score (nSPS) is 11.5. The van der Waals surface area contributed by atoms with Gasteiger partial charge in [0.05, 0.1) is 6.61 Å². The van der Waals surface area contributed by atoms with Crippen molar-refractivity contribution in [3.8, 4) is 0 Å². The molecule has 0 fully saturated rings. The molecule has 0 heterocycles. The molecule has 0 aliphatic rings. The number of benzene rings is 2. The molecule has 0 spiro atoms. The lowest BCUT2D eigenvalue weighted by molar-refractivity contribution is 0.118. The Morgan fingerprint density at radius 3 is 2.38 bits per heavy atom. The summed E-state index contributed by atoms with van der Waals surface area (Å²) in [6.07, 6.45) is 2.04. The largest absolute Gasteiger partial charge is 0.409 e. The van der Waals surface area contributed by atoms with E-state index >= 15 is 0 Å². The molecule has 0 bridgehead atoms. The van der Waals surface area contributed by atoms with Gasteiger partial charge in [-0.25, -0.2) is 0 Å². The minimum atomic E-state index is 0.116. The average Bonchev–Trinajstić information content (AvgIpc) is 2.55. The Bertz CT molecular complexity index is 565. The summed E-state index contributed by atoms with van der Waals surface area (Å²) in [5.74, 6) is 0.116. The Kier molecular flexibility index (Phi) is 5.79. The van der Waals surface area contributed by atoms with Crippen LogP contribution in [-0.2, 0) is 17.8 Å². The Morgan fingerprint density at radius 2 is 1.71 bits per heavy atom. The quantitative estimate of drug-likeness (QED) is 0.270. The molecule has 0 amide bonds. The summed E-state index contributed by atoms with van der Waals surface area (Å²) < 4.78 is 5.66.